The minimum absolute atomic E-state index is 0.101. The van der Waals surface area contributed by atoms with Crippen LogP contribution < -0.4 is 5.32 Å². The highest BCUT2D eigenvalue weighted by molar-refractivity contribution is 7.16. The van der Waals surface area contributed by atoms with Gasteiger partial charge in [-0.2, -0.15) is 0 Å². The zero-order valence-corrected chi connectivity index (χ0v) is 13.6. The van der Waals surface area contributed by atoms with Crippen LogP contribution in [0.15, 0.2) is 16.7 Å². The molecular weight excluding hydrogens is 308 g/mol. The summed E-state index contributed by atoms with van der Waals surface area (Å²) in [7, 11) is 0. The van der Waals surface area contributed by atoms with Crippen LogP contribution in [0.1, 0.15) is 34.2 Å². The van der Waals surface area contributed by atoms with E-state index in [2.05, 4.69) is 10.5 Å². The van der Waals surface area contributed by atoms with Gasteiger partial charge in [0.05, 0.1) is 10.0 Å². The smallest absolute Gasteiger partial charge is 0.223 e. The Kier molecular flexibility index (Phi) is 4.04. The van der Waals surface area contributed by atoms with Crippen LogP contribution in [0.2, 0.25) is 4.34 Å². The SMILES string of the molecule is Cc1noc(C)c1CCNC(=O)[C@@H]1C[C@H]1c1ccc(Cl)s1. The van der Waals surface area contributed by atoms with Gasteiger partial charge < -0.3 is 9.84 Å². The van der Waals surface area contributed by atoms with E-state index in [1.807, 2.05) is 26.0 Å². The van der Waals surface area contributed by atoms with Gasteiger partial charge >= 0.3 is 0 Å². The van der Waals surface area contributed by atoms with E-state index in [0.29, 0.717) is 12.5 Å². The number of amides is 1. The minimum atomic E-state index is 0.101. The summed E-state index contributed by atoms with van der Waals surface area (Å²) in [6, 6.07) is 3.92. The van der Waals surface area contributed by atoms with Gasteiger partial charge in [-0.1, -0.05) is 16.8 Å². The van der Waals surface area contributed by atoms with Crippen molar-refractivity contribution < 1.29 is 9.32 Å². The summed E-state index contributed by atoms with van der Waals surface area (Å²) in [5, 5.41) is 6.92. The summed E-state index contributed by atoms with van der Waals surface area (Å²) >= 11 is 7.50. The highest BCUT2D eigenvalue weighted by Crippen LogP contribution is 2.50. The Morgan fingerprint density at radius 3 is 2.95 bits per heavy atom. The first-order chi connectivity index (χ1) is 10.1. The lowest BCUT2D eigenvalue weighted by atomic mass is 10.1. The van der Waals surface area contributed by atoms with E-state index >= 15 is 0 Å². The van der Waals surface area contributed by atoms with Crippen molar-refractivity contribution in [3.63, 3.8) is 0 Å². The van der Waals surface area contributed by atoms with Crippen molar-refractivity contribution in [1.29, 1.82) is 0 Å². The molecule has 6 heteroatoms. The van der Waals surface area contributed by atoms with Crippen LogP contribution in [-0.2, 0) is 11.2 Å². The molecule has 4 nitrogen and oxygen atoms in total. The van der Waals surface area contributed by atoms with Crippen molar-refractivity contribution in [3.8, 4) is 0 Å². The van der Waals surface area contributed by atoms with Gasteiger partial charge in [0.25, 0.3) is 0 Å². The molecule has 0 unspecified atom stereocenters. The average molecular weight is 325 g/mol. The Bertz CT molecular complexity index is 645. The van der Waals surface area contributed by atoms with E-state index in [9.17, 15) is 4.79 Å². The third-order valence-corrected chi connectivity index (χ3v) is 5.31. The number of hydrogen-bond donors (Lipinski definition) is 1. The Labute approximate surface area is 132 Å². The zero-order valence-electron chi connectivity index (χ0n) is 12.0. The number of thiophene rings is 1. The predicted octanol–water partition coefficient (Wildman–Crippen LogP) is 3.47. The van der Waals surface area contributed by atoms with Crippen LogP contribution >= 0.6 is 22.9 Å². The fraction of sp³-hybridized carbons (Fsp3) is 0.467. The molecule has 0 bridgehead atoms. The number of carbonyl (C=O) groups is 1. The van der Waals surface area contributed by atoms with Gasteiger partial charge in [0.1, 0.15) is 5.76 Å². The number of aryl methyl sites for hydroxylation is 2. The number of rotatable bonds is 5. The summed E-state index contributed by atoms with van der Waals surface area (Å²) in [4.78, 5) is 13.3. The molecule has 0 radical (unpaired) electrons. The fourth-order valence-electron chi connectivity index (χ4n) is 2.63. The molecule has 2 aromatic heterocycles. The molecule has 0 spiro atoms. The van der Waals surface area contributed by atoms with Gasteiger partial charge in [0.15, 0.2) is 0 Å². The molecule has 0 aliphatic heterocycles. The van der Waals surface area contributed by atoms with Crippen LogP contribution in [0.5, 0.6) is 0 Å². The van der Waals surface area contributed by atoms with Crippen LogP contribution in [0, 0.1) is 19.8 Å². The van der Waals surface area contributed by atoms with Crippen molar-refractivity contribution in [1.82, 2.24) is 10.5 Å². The first kappa shape index (κ1) is 14.6. The monoisotopic (exact) mass is 324 g/mol. The highest BCUT2D eigenvalue weighted by Gasteiger charge is 2.44. The Balaban J connectivity index is 1.48. The van der Waals surface area contributed by atoms with Gasteiger partial charge in [0, 0.05) is 28.8 Å². The molecule has 2 heterocycles. The van der Waals surface area contributed by atoms with Crippen LogP contribution in [0.3, 0.4) is 0 Å². The molecule has 1 fully saturated rings. The van der Waals surface area contributed by atoms with E-state index in [1.54, 1.807) is 11.3 Å². The maximum absolute atomic E-state index is 12.1. The summed E-state index contributed by atoms with van der Waals surface area (Å²) in [5.41, 5.74) is 1.99. The summed E-state index contributed by atoms with van der Waals surface area (Å²) < 4.78 is 5.90. The minimum Gasteiger partial charge on any atom is -0.361 e. The molecule has 2 aromatic rings. The third kappa shape index (κ3) is 3.14. The number of halogens is 1. The Morgan fingerprint density at radius 1 is 1.52 bits per heavy atom. The Morgan fingerprint density at radius 2 is 2.33 bits per heavy atom. The number of aromatic nitrogens is 1. The molecule has 2 atom stereocenters. The highest BCUT2D eigenvalue weighted by atomic mass is 35.5. The average Bonchev–Trinajstić information content (AvgIpc) is 3.05. The largest absolute Gasteiger partial charge is 0.361 e. The lowest BCUT2D eigenvalue weighted by Gasteiger charge is -2.04. The van der Waals surface area contributed by atoms with Gasteiger partial charge in [-0.25, -0.2) is 0 Å². The quantitative estimate of drug-likeness (QED) is 0.916. The molecular formula is C15H17ClN2O2S. The molecule has 1 amide bonds. The topological polar surface area (TPSA) is 55.1 Å². The van der Waals surface area contributed by atoms with Crippen molar-refractivity contribution in [2.75, 3.05) is 6.54 Å². The van der Waals surface area contributed by atoms with Crippen LogP contribution in [-0.4, -0.2) is 17.6 Å². The van der Waals surface area contributed by atoms with Crippen molar-refractivity contribution >= 4 is 28.8 Å². The molecule has 1 aliphatic carbocycles. The standard InChI is InChI=1S/C15H17ClN2O2S/c1-8-10(9(2)20-18-8)5-6-17-15(19)12-7-11(12)13-3-4-14(16)21-13/h3-4,11-12H,5-7H2,1-2H3,(H,17,19)/t11-,12-/m1/s1. The van der Waals surface area contributed by atoms with E-state index < -0.39 is 0 Å². The molecule has 21 heavy (non-hydrogen) atoms. The number of carbonyl (C=O) groups excluding carboxylic acids is 1. The van der Waals surface area contributed by atoms with Crippen molar-refractivity contribution in [3.05, 3.63) is 38.4 Å². The number of nitrogens with zero attached hydrogens (tertiary/aromatic N) is 1. The second-order valence-corrected chi connectivity index (χ2v) is 7.18. The first-order valence-corrected chi connectivity index (χ1v) is 8.20. The van der Waals surface area contributed by atoms with Gasteiger partial charge in [0.2, 0.25) is 5.91 Å². The maximum Gasteiger partial charge on any atom is 0.223 e. The lowest BCUT2D eigenvalue weighted by Crippen LogP contribution is -2.27. The predicted molar refractivity (Wildman–Crippen MR) is 82.9 cm³/mol. The molecule has 0 aromatic carbocycles. The summed E-state index contributed by atoms with van der Waals surface area (Å²) in [5.74, 6) is 1.42. The van der Waals surface area contributed by atoms with E-state index in [-0.39, 0.29) is 11.8 Å². The Hall–Kier alpha value is -1.33. The third-order valence-electron chi connectivity index (χ3n) is 3.94. The van der Waals surface area contributed by atoms with Crippen LogP contribution in [0.4, 0.5) is 0 Å². The normalized spacial score (nSPS) is 20.5. The van der Waals surface area contributed by atoms with Crippen LogP contribution in [0.25, 0.3) is 0 Å². The lowest BCUT2D eigenvalue weighted by molar-refractivity contribution is -0.122. The van der Waals surface area contributed by atoms with Gasteiger partial charge in [-0.15, -0.1) is 11.3 Å². The molecule has 112 valence electrons. The maximum atomic E-state index is 12.1. The van der Waals surface area contributed by atoms with E-state index in [1.165, 1.54) is 4.88 Å². The van der Waals surface area contributed by atoms with E-state index in [4.69, 9.17) is 16.1 Å². The number of hydrogen-bond acceptors (Lipinski definition) is 4. The molecule has 1 saturated carbocycles. The summed E-state index contributed by atoms with van der Waals surface area (Å²) in [6.45, 7) is 4.44. The van der Waals surface area contributed by atoms with Crippen molar-refractivity contribution in [2.24, 2.45) is 5.92 Å². The fourth-order valence-corrected chi connectivity index (χ4v) is 3.87. The van der Waals surface area contributed by atoms with Gasteiger partial charge in [-0.05, 0) is 38.8 Å². The zero-order chi connectivity index (χ0) is 15.0. The molecule has 1 aliphatic rings. The second-order valence-electron chi connectivity index (χ2n) is 5.43. The first-order valence-electron chi connectivity index (χ1n) is 7.01. The molecule has 1 N–H and O–H groups in total. The number of nitrogens with one attached hydrogen (secondary N) is 1. The van der Waals surface area contributed by atoms with Crippen molar-refractivity contribution in [2.45, 2.75) is 32.6 Å². The summed E-state index contributed by atoms with van der Waals surface area (Å²) in [6.07, 6.45) is 1.68. The molecule has 0 saturated heterocycles. The van der Waals surface area contributed by atoms with E-state index in [0.717, 1.165) is 34.2 Å². The van der Waals surface area contributed by atoms with Gasteiger partial charge in [-0.3, -0.25) is 4.79 Å². The second kappa shape index (κ2) is 5.81. The molecule has 3 rings (SSSR count).